The molecule has 8 heteroatoms. The molecular weight excluding hydrogens is 364 g/mol. The van der Waals surface area contributed by atoms with Crippen molar-refractivity contribution in [1.82, 2.24) is 4.98 Å². The number of anilines is 3. The molecule has 1 heterocycles. The lowest BCUT2D eigenvalue weighted by atomic mass is 10.2. The predicted octanol–water partition coefficient (Wildman–Crippen LogP) is 3.51. The highest BCUT2D eigenvalue weighted by atomic mass is 32.2. The van der Waals surface area contributed by atoms with Gasteiger partial charge in [-0.25, -0.2) is 13.4 Å². The van der Waals surface area contributed by atoms with E-state index >= 15 is 0 Å². The van der Waals surface area contributed by atoms with Crippen molar-refractivity contribution < 1.29 is 13.2 Å². The van der Waals surface area contributed by atoms with Gasteiger partial charge in [0.15, 0.2) is 0 Å². The van der Waals surface area contributed by atoms with E-state index in [0.717, 1.165) is 0 Å². The Morgan fingerprint density at radius 2 is 1.78 bits per heavy atom. The predicted molar refractivity (Wildman–Crippen MR) is 102 cm³/mol. The molecule has 0 spiro atoms. The standard InChI is InChI=1S/C19H16N4O3S/c1-26-16-7-9-17(10-8-16)27(24,25)23-15-6-11-19(21-13-15)22-18-5-3-2-4-14(18)12-20/h2-11,13,23H,1H3,(H,21,22). The number of rotatable bonds is 6. The molecule has 0 radical (unpaired) electrons. The normalized spacial score (nSPS) is 10.7. The first-order chi connectivity index (χ1) is 13.0. The van der Waals surface area contributed by atoms with Crippen LogP contribution < -0.4 is 14.8 Å². The molecule has 0 atom stereocenters. The fourth-order valence-corrected chi connectivity index (χ4v) is 3.37. The number of hydrogen-bond donors (Lipinski definition) is 2. The summed E-state index contributed by atoms with van der Waals surface area (Å²) < 4.78 is 32.4. The van der Waals surface area contributed by atoms with E-state index in [4.69, 9.17) is 10.00 Å². The molecule has 7 nitrogen and oxygen atoms in total. The molecule has 0 unspecified atom stereocenters. The Kier molecular flexibility index (Phi) is 5.24. The average Bonchev–Trinajstić information content (AvgIpc) is 2.70. The van der Waals surface area contributed by atoms with Crippen molar-refractivity contribution in [3.8, 4) is 11.8 Å². The maximum absolute atomic E-state index is 12.4. The van der Waals surface area contributed by atoms with Gasteiger partial charge in [0.05, 0.1) is 35.1 Å². The summed E-state index contributed by atoms with van der Waals surface area (Å²) >= 11 is 0. The Balaban J connectivity index is 1.74. The Morgan fingerprint density at radius 3 is 2.41 bits per heavy atom. The molecule has 136 valence electrons. The summed E-state index contributed by atoms with van der Waals surface area (Å²) in [6.07, 6.45) is 1.40. The summed E-state index contributed by atoms with van der Waals surface area (Å²) in [4.78, 5) is 4.31. The topological polar surface area (TPSA) is 104 Å². The number of pyridine rings is 1. The van der Waals surface area contributed by atoms with Gasteiger partial charge < -0.3 is 10.1 Å². The molecule has 0 fully saturated rings. The van der Waals surface area contributed by atoms with Crippen molar-refractivity contribution in [3.63, 3.8) is 0 Å². The first-order valence-electron chi connectivity index (χ1n) is 7.91. The number of nitrogens with one attached hydrogen (secondary N) is 2. The highest BCUT2D eigenvalue weighted by Gasteiger charge is 2.14. The van der Waals surface area contributed by atoms with Crippen molar-refractivity contribution in [2.24, 2.45) is 0 Å². The zero-order chi connectivity index (χ0) is 19.3. The molecule has 1 aromatic heterocycles. The fraction of sp³-hybridized carbons (Fsp3) is 0.0526. The number of methoxy groups -OCH3 is 1. The number of aromatic nitrogens is 1. The van der Waals surface area contributed by atoms with Gasteiger partial charge in [0.2, 0.25) is 0 Å². The molecule has 0 aliphatic heterocycles. The van der Waals surface area contributed by atoms with Gasteiger partial charge in [-0.15, -0.1) is 0 Å². The van der Waals surface area contributed by atoms with Crippen molar-refractivity contribution >= 4 is 27.2 Å². The highest BCUT2D eigenvalue weighted by molar-refractivity contribution is 7.92. The number of sulfonamides is 1. The second-order valence-electron chi connectivity index (χ2n) is 5.50. The van der Waals surface area contributed by atoms with Gasteiger partial charge in [-0.3, -0.25) is 4.72 Å². The molecule has 0 aliphatic rings. The molecule has 0 bridgehead atoms. The third kappa shape index (κ3) is 4.34. The smallest absolute Gasteiger partial charge is 0.261 e. The molecular formula is C19H16N4O3S. The lowest BCUT2D eigenvalue weighted by molar-refractivity contribution is 0.414. The number of nitrogens with zero attached hydrogens (tertiary/aromatic N) is 2. The lowest BCUT2D eigenvalue weighted by Crippen LogP contribution is -2.13. The fourth-order valence-electron chi connectivity index (χ4n) is 2.32. The van der Waals surface area contributed by atoms with E-state index in [0.29, 0.717) is 28.5 Å². The lowest BCUT2D eigenvalue weighted by Gasteiger charge is -2.10. The van der Waals surface area contributed by atoms with Gasteiger partial charge in [-0.1, -0.05) is 12.1 Å². The minimum atomic E-state index is -3.73. The molecule has 3 aromatic rings. The highest BCUT2D eigenvalue weighted by Crippen LogP contribution is 2.22. The number of ether oxygens (including phenoxy) is 1. The van der Waals surface area contributed by atoms with Crippen LogP contribution in [0.25, 0.3) is 0 Å². The van der Waals surface area contributed by atoms with Crippen LogP contribution in [0.1, 0.15) is 5.56 Å². The summed E-state index contributed by atoms with van der Waals surface area (Å²) in [5, 5.41) is 12.1. The summed E-state index contributed by atoms with van der Waals surface area (Å²) in [6, 6.07) is 18.4. The Morgan fingerprint density at radius 1 is 1.04 bits per heavy atom. The quantitative estimate of drug-likeness (QED) is 0.678. The minimum absolute atomic E-state index is 0.119. The monoisotopic (exact) mass is 380 g/mol. The number of benzene rings is 2. The SMILES string of the molecule is COc1ccc(S(=O)(=O)Nc2ccc(Nc3ccccc3C#N)nc2)cc1. The van der Waals surface area contributed by atoms with Gasteiger partial charge in [0.25, 0.3) is 10.0 Å². The van der Waals surface area contributed by atoms with Crippen LogP contribution in [0.4, 0.5) is 17.2 Å². The minimum Gasteiger partial charge on any atom is -0.497 e. The van der Waals surface area contributed by atoms with Crippen LogP contribution in [0.15, 0.2) is 71.8 Å². The van der Waals surface area contributed by atoms with E-state index in [1.54, 1.807) is 48.5 Å². The van der Waals surface area contributed by atoms with Crippen LogP contribution in [-0.4, -0.2) is 20.5 Å². The van der Waals surface area contributed by atoms with Gasteiger partial charge in [0.1, 0.15) is 17.6 Å². The molecule has 3 rings (SSSR count). The maximum atomic E-state index is 12.4. The van der Waals surface area contributed by atoms with Crippen LogP contribution in [0.5, 0.6) is 5.75 Å². The van der Waals surface area contributed by atoms with Crippen LogP contribution >= 0.6 is 0 Å². The van der Waals surface area contributed by atoms with Gasteiger partial charge >= 0.3 is 0 Å². The Labute approximate surface area is 157 Å². The molecule has 0 aliphatic carbocycles. The number of nitriles is 1. The summed E-state index contributed by atoms with van der Waals surface area (Å²) in [7, 11) is -2.22. The van der Waals surface area contributed by atoms with E-state index in [1.807, 2.05) is 0 Å². The number of para-hydroxylation sites is 1. The van der Waals surface area contributed by atoms with Gasteiger partial charge in [-0.05, 0) is 48.5 Å². The van der Waals surface area contributed by atoms with E-state index in [1.165, 1.54) is 25.4 Å². The van der Waals surface area contributed by atoms with Crippen LogP contribution in [0, 0.1) is 11.3 Å². The summed E-state index contributed by atoms with van der Waals surface area (Å²) in [5.41, 5.74) is 1.44. The van der Waals surface area contributed by atoms with Crippen molar-refractivity contribution in [2.75, 3.05) is 17.1 Å². The zero-order valence-corrected chi connectivity index (χ0v) is 15.2. The molecule has 2 N–H and O–H groups in total. The zero-order valence-electron chi connectivity index (χ0n) is 14.4. The molecule has 2 aromatic carbocycles. The largest absolute Gasteiger partial charge is 0.497 e. The van der Waals surface area contributed by atoms with Crippen LogP contribution in [0.2, 0.25) is 0 Å². The molecule has 0 saturated carbocycles. The first-order valence-corrected chi connectivity index (χ1v) is 9.39. The van der Waals surface area contributed by atoms with Crippen molar-refractivity contribution in [2.45, 2.75) is 4.90 Å². The average molecular weight is 380 g/mol. The third-order valence-electron chi connectivity index (χ3n) is 3.70. The Hall–Kier alpha value is -3.57. The van der Waals surface area contributed by atoms with E-state index in [9.17, 15) is 8.42 Å². The molecule has 0 amide bonds. The number of hydrogen-bond acceptors (Lipinski definition) is 6. The Bertz CT molecular complexity index is 1070. The third-order valence-corrected chi connectivity index (χ3v) is 5.09. The van der Waals surface area contributed by atoms with Gasteiger partial charge in [-0.2, -0.15) is 5.26 Å². The second kappa shape index (κ2) is 7.76. The molecule has 0 saturated heterocycles. The van der Waals surface area contributed by atoms with Crippen LogP contribution in [-0.2, 0) is 10.0 Å². The van der Waals surface area contributed by atoms with Crippen LogP contribution in [0.3, 0.4) is 0 Å². The summed E-state index contributed by atoms with van der Waals surface area (Å²) in [5.74, 6) is 1.06. The van der Waals surface area contributed by atoms with E-state index in [-0.39, 0.29) is 4.90 Å². The van der Waals surface area contributed by atoms with Crippen molar-refractivity contribution in [3.05, 3.63) is 72.4 Å². The summed E-state index contributed by atoms with van der Waals surface area (Å²) in [6.45, 7) is 0. The molecule has 27 heavy (non-hydrogen) atoms. The maximum Gasteiger partial charge on any atom is 0.261 e. The first kappa shape index (κ1) is 18.2. The second-order valence-corrected chi connectivity index (χ2v) is 7.18. The van der Waals surface area contributed by atoms with Gasteiger partial charge in [0, 0.05) is 0 Å². The van der Waals surface area contributed by atoms with E-state index in [2.05, 4.69) is 21.1 Å². The van der Waals surface area contributed by atoms with E-state index < -0.39 is 10.0 Å². The van der Waals surface area contributed by atoms with Crippen molar-refractivity contribution in [1.29, 1.82) is 5.26 Å².